The van der Waals surface area contributed by atoms with Gasteiger partial charge in [-0.25, -0.2) is 14.1 Å². The van der Waals surface area contributed by atoms with E-state index in [1.54, 1.807) is 34.7 Å². The summed E-state index contributed by atoms with van der Waals surface area (Å²) in [5.41, 5.74) is 1.69. The minimum absolute atomic E-state index is 0.0431. The molecule has 11 nitrogen and oxygen atoms in total. The summed E-state index contributed by atoms with van der Waals surface area (Å²) in [5, 5.41) is 10.9. The number of H-pyrrole nitrogens is 1. The average Bonchev–Trinajstić information content (AvgIpc) is 3.17. The van der Waals surface area contributed by atoms with Crippen LogP contribution in [-0.4, -0.2) is 70.6 Å². The average molecular weight is 485 g/mol. The molecule has 0 atom stereocenters. The number of anilines is 1. The van der Waals surface area contributed by atoms with Gasteiger partial charge in [0.15, 0.2) is 0 Å². The molecule has 35 heavy (non-hydrogen) atoms. The van der Waals surface area contributed by atoms with Crippen LogP contribution in [0.15, 0.2) is 29.1 Å². The molecular weight excluding hydrogens is 452 g/mol. The van der Waals surface area contributed by atoms with Gasteiger partial charge in [-0.3, -0.25) is 4.79 Å². The van der Waals surface area contributed by atoms with E-state index in [2.05, 4.69) is 15.6 Å². The largest absolute Gasteiger partial charge is 0.444 e. The van der Waals surface area contributed by atoms with E-state index < -0.39 is 5.60 Å². The highest BCUT2D eigenvalue weighted by molar-refractivity contribution is 6.07. The predicted octanol–water partition coefficient (Wildman–Crippen LogP) is 3.06. The number of rotatable bonds is 5. The molecule has 2 aromatic heterocycles. The summed E-state index contributed by atoms with van der Waals surface area (Å²) in [6.45, 7) is 7.37. The number of piperidine rings is 1. The fourth-order valence-corrected chi connectivity index (χ4v) is 4.30. The van der Waals surface area contributed by atoms with Crippen LogP contribution < -0.4 is 16.2 Å². The highest BCUT2D eigenvalue weighted by Crippen LogP contribution is 2.32. The molecule has 3 heterocycles. The van der Waals surface area contributed by atoms with Crippen molar-refractivity contribution < 1.29 is 19.1 Å². The molecule has 3 N–H and O–H groups in total. The van der Waals surface area contributed by atoms with Gasteiger partial charge in [-0.15, -0.1) is 0 Å². The fraction of sp³-hybridized carbons (Fsp3) is 0.500. The minimum atomic E-state index is -0.547. The van der Waals surface area contributed by atoms with Crippen molar-refractivity contribution in [1.29, 1.82) is 0 Å². The van der Waals surface area contributed by atoms with Gasteiger partial charge in [-0.1, -0.05) is 6.07 Å². The highest BCUT2D eigenvalue weighted by atomic mass is 16.6. The van der Waals surface area contributed by atoms with Crippen molar-refractivity contribution in [3.05, 3.63) is 40.3 Å². The number of urea groups is 1. The Kier molecular flexibility index (Phi) is 6.97. The number of benzene rings is 1. The lowest BCUT2D eigenvalue weighted by Gasteiger charge is -2.33. The number of hydrogen-bond acceptors (Lipinski definition) is 6. The number of fused-ring (bicyclic) bond motifs is 3. The van der Waals surface area contributed by atoms with Crippen LogP contribution in [0.3, 0.4) is 0 Å². The Morgan fingerprint density at radius 1 is 1.23 bits per heavy atom. The molecule has 0 radical (unpaired) electrons. The first-order chi connectivity index (χ1) is 16.7. The van der Waals surface area contributed by atoms with E-state index >= 15 is 0 Å². The molecule has 1 saturated heterocycles. The van der Waals surface area contributed by atoms with E-state index in [0.29, 0.717) is 61.3 Å². The molecule has 188 valence electrons. The van der Waals surface area contributed by atoms with Crippen LogP contribution in [0.5, 0.6) is 0 Å². The standard InChI is InChI=1S/C24H32N6O5/c1-24(2,3)35-23(33)29-11-8-15(9-12-29)18-14-19(31)27-21-20-16(26-22(32)25-10-13-34-4)6-5-7-17(20)28-30(18)21/h5-7,14-15H,8-13H2,1-4H3,(H,27,31)(H2,25,26,32). The fourth-order valence-electron chi connectivity index (χ4n) is 4.30. The van der Waals surface area contributed by atoms with Gasteiger partial charge >= 0.3 is 12.1 Å². The number of carbonyl (C=O) groups excluding carboxylic acids is 2. The van der Waals surface area contributed by atoms with Crippen LogP contribution in [0.1, 0.15) is 45.2 Å². The second-order valence-electron chi connectivity index (χ2n) is 9.63. The highest BCUT2D eigenvalue weighted by Gasteiger charge is 2.29. The zero-order chi connectivity index (χ0) is 25.2. The van der Waals surface area contributed by atoms with Crippen LogP contribution in [0, 0.1) is 0 Å². The van der Waals surface area contributed by atoms with Crippen molar-refractivity contribution in [3.8, 4) is 0 Å². The molecule has 0 spiro atoms. The molecule has 0 unspecified atom stereocenters. The lowest BCUT2D eigenvalue weighted by Crippen LogP contribution is -2.41. The summed E-state index contributed by atoms with van der Waals surface area (Å²) in [6.07, 6.45) is 1.04. The number of hydrogen-bond donors (Lipinski definition) is 3. The molecule has 1 fully saturated rings. The lowest BCUT2D eigenvalue weighted by atomic mass is 9.93. The lowest BCUT2D eigenvalue weighted by molar-refractivity contribution is 0.0203. The molecule has 3 amide bonds. The minimum Gasteiger partial charge on any atom is -0.444 e. The van der Waals surface area contributed by atoms with Crippen LogP contribution in [-0.2, 0) is 9.47 Å². The topological polar surface area (TPSA) is 130 Å². The Morgan fingerprint density at radius 3 is 2.66 bits per heavy atom. The summed E-state index contributed by atoms with van der Waals surface area (Å²) in [5.74, 6) is 0.0431. The van der Waals surface area contributed by atoms with E-state index in [0.717, 1.165) is 5.69 Å². The maximum absolute atomic E-state index is 12.6. The zero-order valence-corrected chi connectivity index (χ0v) is 20.5. The smallest absolute Gasteiger partial charge is 0.410 e. The van der Waals surface area contributed by atoms with Gasteiger partial charge in [0, 0.05) is 38.7 Å². The number of methoxy groups -OCH3 is 1. The molecule has 1 aliphatic heterocycles. The second-order valence-corrected chi connectivity index (χ2v) is 9.63. The van der Waals surface area contributed by atoms with E-state index in [-0.39, 0.29) is 23.6 Å². The van der Waals surface area contributed by atoms with E-state index in [4.69, 9.17) is 14.6 Å². The first-order valence-corrected chi connectivity index (χ1v) is 11.7. The maximum atomic E-state index is 12.6. The molecule has 3 aromatic rings. The third-order valence-corrected chi connectivity index (χ3v) is 5.87. The SMILES string of the molecule is COCCNC(=O)Nc1cccc2nn3c(C4CCN(C(=O)OC(C)(C)C)CC4)cc(=O)[nH]c3c12. The van der Waals surface area contributed by atoms with Crippen LogP contribution in [0.25, 0.3) is 16.6 Å². The van der Waals surface area contributed by atoms with Crippen LogP contribution >= 0.6 is 0 Å². The van der Waals surface area contributed by atoms with Crippen molar-refractivity contribution in [1.82, 2.24) is 24.8 Å². The Bertz CT molecular complexity index is 1280. The number of ether oxygens (including phenoxy) is 2. The van der Waals surface area contributed by atoms with E-state index in [1.165, 1.54) is 0 Å². The van der Waals surface area contributed by atoms with Crippen LogP contribution in [0.2, 0.25) is 0 Å². The van der Waals surface area contributed by atoms with Crippen molar-refractivity contribution in [2.45, 2.75) is 45.1 Å². The molecule has 0 saturated carbocycles. The molecular formula is C24H32N6O5. The third kappa shape index (κ3) is 5.56. The maximum Gasteiger partial charge on any atom is 0.410 e. The molecule has 11 heteroatoms. The zero-order valence-electron chi connectivity index (χ0n) is 20.5. The summed E-state index contributed by atoms with van der Waals surface area (Å²) in [4.78, 5) is 42.0. The number of aromatic amines is 1. The first-order valence-electron chi connectivity index (χ1n) is 11.7. The molecule has 0 aliphatic carbocycles. The number of aromatic nitrogens is 3. The quantitative estimate of drug-likeness (QED) is 0.477. The number of nitrogens with zero attached hydrogens (tertiary/aromatic N) is 3. The van der Waals surface area contributed by atoms with Crippen molar-refractivity contribution in [2.24, 2.45) is 0 Å². The number of amides is 3. The summed E-state index contributed by atoms with van der Waals surface area (Å²) in [7, 11) is 1.56. The summed E-state index contributed by atoms with van der Waals surface area (Å²) in [6, 6.07) is 6.60. The molecule has 4 rings (SSSR count). The van der Waals surface area contributed by atoms with Gasteiger partial charge in [0.2, 0.25) is 0 Å². The van der Waals surface area contributed by atoms with Crippen molar-refractivity contribution >= 4 is 34.4 Å². The van der Waals surface area contributed by atoms with Gasteiger partial charge in [0.05, 0.1) is 28.9 Å². The predicted molar refractivity (Wildman–Crippen MR) is 132 cm³/mol. The monoisotopic (exact) mass is 484 g/mol. The first kappa shape index (κ1) is 24.5. The normalized spacial score (nSPS) is 14.9. The Labute approximate surface area is 202 Å². The second kappa shape index (κ2) is 9.95. The Morgan fingerprint density at radius 2 is 1.97 bits per heavy atom. The molecule has 0 bridgehead atoms. The third-order valence-electron chi connectivity index (χ3n) is 5.87. The number of likely N-dealkylation sites (tertiary alicyclic amines) is 1. The van der Waals surface area contributed by atoms with Gasteiger partial charge in [-0.05, 0) is 45.7 Å². The van der Waals surface area contributed by atoms with Gasteiger partial charge < -0.3 is 30.0 Å². The van der Waals surface area contributed by atoms with Gasteiger partial charge in [0.1, 0.15) is 11.2 Å². The van der Waals surface area contributed by atoms with Crippen LogP contribution in [0.4, 0.5) is 15.3 Å². The van der Waals surface area contributed by atoms with Crippen molar-refractivity contribution in [2.75, 3.05) is 38.7 Å². The van der Waals surface area contributed by atoms with Gasteiger partial charge in [0.25, 0.3) is 5.56 Å². The molecule has 1 aliphatic rings. The summed E-state index contributed by atoms with van der Waals surface area (Å²) < 4.78 is 12.2. The Balaban J connectivity index is 1.61. The Hall–Kier alpha value is -3.60. The van der Waals surface area contributed by atoms with E-state index in [1.807, 2.05) is 26.8 Å². The van der Waals surface area contributed by atoms with Crippen molar-refractivity contribution in [3.63, 3.8) is 0 Å². The summed E-state index contributed by atoms with van der Waals surface area (Å²) >= 11 is 0. The van der Waals surface area contributed by atoms with Gasteiger partial charge in [-0.2, -0.15) is 5.10 Å². The van der Waals surface area contributed by atoms with E-state index in [9.17, 15) is 14.4 Å². The molecule has 1 aromatic carbocycles. The number of nitrogens with one attached hydrogen (secondary N) is 3. The number of carbonyl (C=O) groups is 2.